The van der Waals surface area contributed by atoms with Crippen LogP contribution in [-0.4, -0.2) is 12.6 Å². The number of pyridine rings is 1. The van der Waals surface area contributed by atoms with E-state index in [1.807, 2.05) is 12.4 Å². The maximum absolute atomic E-state index is 11.1. The van der Waals surface area contributed by atoms with Crippen LogP contribution in [0.5, 0.6) is 0 Å². The van der Waals surface area contributed by atoms with E-state index >= 15 is 0 Å². The van der Waals surface area contributed by atoms with Gasteiger partial charge in [0, 0.05) is 17.7 Å². The highest BCUT2D eigenvalue weighted by Gasteiger charge is 2.02. The van der Waals surface area contributed by atoms with Crippen molar-refractivity contribution in [1.82, 2.24) is 0 Å². The van der Waals surface area contributed by atoms with Gasteiger partial charge in [-0.3, -0.25) is 0 Å². The molecule has 0 radical (unpaired) electrons. The lowest BCUT2D eigenvalue weighted by molar-refractivity contribution is -0.378. The van der Waals surface area contributed by atoms with Crippen molar-refractivity contribution >= 4 is 5.97 Å². The smallest absolute Gasteiger partial charge is 0.333 e. The summed E-state index contributed by atoms with van der Waals surface area (Å²) in [6, 6.07) is 4.11. The van der Waals surface area contributed by atoms with Crippen molar-refractivity contribution in [2.24, 2.45) is 0 Å². The molecule has 0 aliphatic carbocycles. The molecule has 0 aliphatic rings. The molecule has 3 heteroatoms. The number of ether oxygens (including phenoxy) is 1. The average molecular weight is 220 g/mol. The molecule has 1 aromatic heterocycles. The second-order valence-electron chi connectivity index (χ2n) is 3.78. The van der Waals surface area contributed by atoms with Crippen LogP contribution in [0.1, 0.15) is 25.3 Å². The fourth-order valence-corrected chi connectivity index (χ4v) is 1.31. The number of esters is 1. The summed E-state index contributed by atoms with van der Waals surface area (Å²) in [6.07, 6.45) is 6.75. The van der Waals surface area contributed by atoms with Crippen molar-refractivity contribution in [2.75, 3.05) is 6.61 Å². The largest absolute Gasteiger partial charge is 0.462 e. The predicted octanol–water partition coefficient (Wildman–Crippen LogP) is 1.94. The number of aryl methyl sites for hydroxylation is 1. The molecule has 1 rings (SSSR count). The minimum absolute atomic E-state index is 0.297. The first-order valence-electron chi connectivity index (χ1n) is 5.48. The van der Waals surface area contributed by atoms with Gasteiger partial charge in [-0.25, -0.2) is 9.78 Å². The summed E-state index contributed by atoms with van der Waals surface area (Å²) in [5, 5.41) is 0. The summed E-state index contributed by atoms with van der Waals surface area (Å²) in [7, 11) is 0. The number of hydrogen-bond donors (Lipinski definition) is 0. The SMILES string of the molecule is C=C(C)C(=O)OCCCCc1cc[nH+]cc1. The molecule has 0 saturated carbocycles. The lowest BCUT2D eigenvalue weighted by atomic mass is 10.1. The van der Waals surface area contributed by atoms with Gasteiger partial charge in [0.25, 0.3) is 0 Å². The Hall–Kier alpha value is -1.64. The van der Waals surface area contributed by atoms with Crippen molar-refractivity contribution in [3.8, 4) is 0 Å². The zero-order valence-corrected chi connectivity index (χ0v) is 9.66. The highest BCUT2D eigenvalue weighted by molar-refractivity contribution is 5.86. The Morgan fingerprint density at radius 3 is 2.69 bits per heavy atom. The van der Waals surface area contributed by atoms with Crippen LogP contribution in [0.25, 0.3) is 0 Å². The average Bonchev–Trinajstić information content (AvgIpc) is 2.29. The fraction of sp³-hybridized carbons (Fsp3) is 0.385. The molecule has 0 bridgehead atoms. The molecule has 0 saturated heterocycles. The Morgan fingerprint density at radius 1 is 1.38 bits per heavy atom. The normalized spacial score (nSPS) is 9.81. The third-order valence-corrected chi connectivity index (χ3v) is 2.23. The highest BCUT2D eigenvalue weighted by Crippen LogP contribution is 2.03. The summed E-state index contributed by atoms with van der Waals surface area (Å²) in [5.41, 5.74) is 1.75. The maximum atomic E-state index is 11.1. The molecule has 86 valence electrons. The Labute approximate surface area is 96.2 Å². The second-order valence-corrected chi connectivity index (χ2v) is 3.78. The van der Waals surface area contributed by atoms with Gasteiger partial charge < -0.3 is 4.74 Å². The third kappa shape index (κ3) is 4.73. The van der Waals surface area contributed by atoms with Gasteiger partial charge in [0.2, 0.25) is 0 Å². The lowest BCUT2D eigenvalue weighted by Crippen LogP contribution is -2.06. The number of aromatic amines is 1. The first-order valence-corrected chi connectivity index (χ1v) is 5.48. The van der Waals surface area contributed by atoms with E-state index in [1.165, 1.54) is 5.56 Å². The molecule has 0 aliphatic heterocycles. The van der Waals surface area contributed by atoms with E-state index in [1.54, 1.807) is 6.92 Å². The van der Waals surface area contributed by atoms with Crippen LogP contribution in [0.4, 0.5) is 0 Å². The van der Waals surface area contributed by atoms with Gasteiger partial charge in [0.05, 0.1) is 6.61 Å². The van der Waals surface area contributed by atoms with Gasteiger partial charge in [0.15, 0.2) is 12.4 Å². The molecule has 3 nitrogen and oxygen atoms in total. The molecule has 1 heterocycles. The standard InChI is InChI=1S/C13H17NO2/c1-11(2)13(15)16-10-4-3-5-12-6-8-14-9-7-12/h6-9H,1,3-5,10H2,2H3/p+1. The first kappa shape index (κ1) is 12.4. The number of unbranched alkanes of at least 4 members (excludes halogenated alkanes) is 1. The summed E-state index contributed by atoms with van der Waals surface area (Å²) >= 11 is 0. The van der Waals surface area contributed by atoms with Crippen molar-refractivity contribution in [1.29, 1.82) is 0 Å². The van der Waals surface area contributed by atoms with Crippen LogP contribution >= 0.6 is 0 Å². The lowest BCUT2D eigenvalue weighted by Gasteiger charge is -2.03. The molecule has 0 spiro atoms. The van der Waals surface area contributed by atoms with Gasteiger partial charge in [-0.15, -0.1) is 0 Å². The van der Waals surface area contributed by atoms with E-state index in [4.69, 9.17) is 4.74 Å². The fourth-order valence-electron chi connectivity index (χ4n) is 1.31. The van der Waals surface area contributed by atoms with E-state index in [2.05, 4.69) is 23.7 Å². The highest BCUT2D eigenvalue weighted by atomic mass is 16.5. The first-order chi connectivity index (χ1) is 7.70. The minimum Gasteiger partial charge on any atom is -0.462 e. The van der Waals surface area contributed by atoms with Crippen LogP contribution in [0.3, 0.4) is 0 Å². The molecule has 0 unspecified atom stereocenters. The Balaban J connectivity index is 2.09. The van der Waals surface area contributed by atoms with Crippen molar-refractivity contribution in [2.45, 2.75) is 26.2 Å². The van der Waals surface area contributed by atoms with Crippen LogP contribution in [0, 0.1) is 0 Å². The third-order valence-electron chi connectivity index (χ3n) is 2.23. The molecule has 0 aromatic carbocycles. The van der Waals surface area contributed by atoms with Gasteiger partial charge in [-0.1, -0.05) is 6.58 Å². The topological polar surface area (TPSA) is 40.4 Å². The van der Waals surface area contributed by atoms with Crippen molar-refractivity contribution < 1.29 is 14.5 Å². The Bertz CT molecular complexity index is 346. The van der Waals surface area contributed by atoms with Crippen LogP contribution in [-0.2, 0) is 16.0 Å². The van der Waals surface area contributed by atoms with Crippen molar-refractivity contribution in [3.63, 3.8) is 0 Å². The van der Waals surface area contributed by atoms with Gasteiger partial charge >= 0.3 is 5.97 Å². The Morgan fingerprint density at radius 2 is 2.06 bits per heavy atom. The van der Waals surface area contributed by atoms with Gasteiger partial charge in [-0.05, 0) is 31.7 Å². The molecule has 0 amide bonds. The number of rotatable bonds is 6. The number of carbonyl (C=O) groups excluding carboxylic acids is 1. The van der Waals surface area contributed by atoms with Crippen molar-refractivity contribution in [3.05, 3.63) is 42.2 Å². The monoisotopic (exact) mass is 220 g/mol. The van der Waals surface area contributed by atoms with E-state index in [-0.39, 0.29) is 5.97 Å². The van der Waals surface area contributed by atoms with Gasteiger partial charge in [0.1, 0.15) is 0 Å². The van der Waals surface area contributed by atoms with Crippen LogP contribution < -0.4 is 4.98 Å². The van der Waals surface area contributed by atoms with E-state index < -0.39 is 0 Å². The minimum atomic E-state index is -0.297. The number of carbonyl (C=O) groups is 1. The quantitative estimate of drug-likeness (QED) is 0.417. The summed E-state index contributed by atoms with van der Waals surface area (Å²) in [6.45, 7) is 5.66. The number of aromatic nitrogens is 1. The van der Waals surface area contributed by atoms with E-state index in [0.29, 0.717) is 12.2 Å². The molecule has 1 N–H and O–H groups in total. The molecule has 0 atom stereocenters. The summed E-state index contributed by atoms with van der Waals surface area (Å²) in [5.74, 6) is -0.297. The molecule has 1 aromatic rings. The number of nitrogens with one attached hydrogen (secondary N) is 1. The second kappa shape index (κ2) is 6.77. The molecule has 0 fully saturated rings. The molecule has 16 heavy (non-hydrogen) atoms. The summed E-state index contributed by atoms with van der Waals surface area (Å²) in [4.78, 5) is 14.0. The number of hydrogen-bond acceptors (Lipinski definition) is 2. The molecular weight excluding hydrogens is 202 g/mol. The zero-order chi connectivity index (χ0) is 11.8. The summed E-state index contributed by atoms with van der Waals surface area (Å²) < 4.78 is 5.00. The zero-order valence-electron chi connectivity index (χ0n) is 9.66. The molecular formula is C13H18NO2+. The van der Waals surface area contributed by atoms with Crippen LogP contribution in [0.2, 0.25) is 0 Å². The van der Waals surface area contributed by atoms with Crippen LogP contribution in [0.15, 0.2) is 36.7 Å². The van der Waals surface area contributed by atoms with Gasteiger partial charge in [-0.2, -0.15) is 0 Å². The maximum Gasteiger partial charge on any atom is 0.333 e. The van der Waals surface area contributed by atoms with E-state index in [0.717, 1.165) is 19.3 Å². The van der Waals surface area contributed by atoms with E-state index in [9.17, 15) is 4.79 Å². The predicted molar refractivity (Wildman–Crippen MR) is 61.7 cm³/mol. The Kier molecular flexibility index (Phi) is 5.26. The number of H-pyrrole nitrogens is 1.